The molecule has 3 amide bonds. The van der Waals surface area contributed by atoms with Gasteiger partial charge in [-0.25, -0.2) is 14.0 Å². The zero-order chi connectivity index (χ0) is 35.8. The van der Waals surface area contributed by atoms with Gasteiger partial charge in [-0.2, -0.15) is 0 Å². The van der Waals surface area contributed by atoms with Crippen LogP contribution in [0.2, 0.25) is 0 Å². The van der Waals surface area contributed by atoms with Gasteiger partial charge in [-0.1, -0.05) is 30.3 Å². The molecule has 0 aliphatic carbocycles. The van der Waals surface area contributed by atoms with Crippen molar-refractivity contribution in [2.75, 3.05) is 48.8 Å². The fraction of sp³-hybridized carbons (Fsp3) is 0.375. The first-order chi connectivity index (χ1) is 21.3. The molecule has 10 heteroatoms. The van der Waals surface area contributed by atoms with E-state index in [0.717, 1.165) is 6.92 Å². The summed E-state index contributed by atoms with van der Waals surface area (Å²) < 4.78 is 134. The molecule has 1 atom stereocenters. The zero-order valence-corrected chi connectivity index (χ0v) is 17.6. The van der Waals surface area contributed by atoms with Gasteiger partial charge in [0.25, 0.3) is 0 Å². The Morgan fingerprint density at radius 1 is 1.24 bits per heavy atom. The van der Waals surface area contributed by atoms with Crippen molar-refractivity contribution >= 4 is 29.5 Å². The lowest BCUT2D eigenvalue weighted by Crippen LogP contribution is -2.49. The minimum atomic E-state index is -3.74. The molecule has 0 saturated carbocycles. The van der Waals surface area contributed by atoms with Crippen LogP contribution in [0.25, 0.3) is 0 Å². The van der Waals surface area contributed by atoms with Gasteiger partial charge < -0.3 is 24.6 Å². The molecule has 2 aromatic carbocycles. The number of rotatable bonds is 6. The van der Waals surface area contributed by atoms with E-state index < -0.39 is 91.9 Å². The molecule has 2 heterocycles. The molecule has 0 radical (unpaired) electrons. The molecule has 0 spiro atoms. The zero-order valence-electron chi connectivity index (χ0n) is 30.6. The van der Waals surface area contributed by atoms with Gasteiger partial charge in [0.05, 0.1) is 42.2 Å². The van der Waals surface area contributed by atoms with E-state index in [9.17, 15) is 14.4 Å². The molecule has 180 valence electrons. The predicted molar refractivity (Wildman–Crippen MR) is 123 cm³/mol. The summed E-state index contributed by atoms with van der Waals surface area (Å²) >= 11 is 0. The third-order valence-electron chi connectivity index (χ3n) is 4.30. The Hall–Kier alpha value is -3.82. The van der Waals surface area contributed by atoms with Crippen molar-refractivity contribution in [2.24, 2.45) is 0 Å². The van der Waals surface area contributed by atoms with Crippen LogP contribution in [-0.2, 0) is 20.9 Å². The van der Waals surface area contributed by atoms with Crippen molar-refractivity contribution in [2.45, 2.75) is 19.6 Å². The molecule has 34 heavy (non-hydrogen) atoms. The number of cyclic esters (lactones) is 1. The maximum Gasteiger partial charge on any atom is 0.414 e. The predicted octanol–water partition coefficient (Wildman–Crippen LogP) is 2.75. The average Bonchev–Trinajstić information content (AvgIpc) is 3.11. The fourth-order valence-electron chi connectivity index (χ4n) is 2.74. The number of carbonyl (C=O) groups excluding carboxylic acids is 3. The Labute approximate surface area is 215 Å². The van der Waals surface area contributed by atoms with Gasteiger partial charge in [0.1, 0.15) is 18.5 Å². The van der Waals surface area contributed by atoms with E-state index in [1.165, 1.54) is 12.1 Å². The number of anilines is 2. The van der Waals surface area contributed by atoms with Crippen LogP contribution < -0.4 is 15.1 Å². The molecular formula is C24H27FN4O5. The molecule has 1 N–H and O–H groups in total. The minimum Gasteiger partial charge on any atom is -0.445 e. The smallest absolute Gasteiger partial charge is 0.414 e. The van der Waals surface area contributed by atoms with Crippen molar-refractivity contribution in [3.63, 3.8) is 0 Å². The highest BCUT2D eigenvalue weighted by atomic mass is 19.1. The number of hydrogen-bond donors (Lipinski definition) is 1. The number of carbonyl (C=O) groups is 3. The first-order valence-corrected chi connectivity index (χ1v) is 9.72. The molecule has 2 saturated heterocycles. The molecule has 2 aromatic rings. The largest absolute Gasteiger partial charge is 0.445 e. The summed E-state index contributed by atoms with van der Waals surface area (Å²) in [6, 6.07) is 9.48. The Morgan fingerprint density at radius 2 is 1.97 bits per heavy atom. The second-order valence-corrected chi connectivity index (χ2v) is 6.74. The fourth-order valence-corrected chi connectivity index (χ4v) is 2.74. The van der Waals surface area contributed by atoms with Crippen LogP contribution in [0.1, 0.15) is 30.3 Å². The van der Waals surface area contributed by atoms with E-state index >= 15 is 4.39 Å². The van der Waals surface area contributed by atoms with Gasteiger partial charge in [-0.15, -0.1) is 0 Å². The average molecular weight is 484 g/mol. The molecule has 0 bridgehead atoms. The normalized spacial score (nSPS) is 33.6. The Balaban J connectivity index is 1.74. The molecule has 9 nitrogen and oxygen atoms in total. The lowest BCUT2D eigenvalue weighted by molar-refractivity contribution is -0.119. The number of benzene rings is 2. The molecule has 0 aromatic heterocycles. The van der Waals surface area contributed by atoms with Crippen LogP contribution >= 0.6 is 0 Å². The number of nitrogens with zero attached hydrogens (tertiary/aromatic N) is 3. The van der Waals surface area contributed by atoms with E-state index in [1.807, 2.05) is 0 Å². The summed E-state index contributed by atoms with van der Waals surface area (Å²) in [7, 11) is 0. The van der Waals surface area contributed by atoms with E-state index in [2.05, 4.69) is 4.74 Å². The number of halogens is 1. The lowest BCUT2D eigenvalue weighted by Gasteiger charge is -2.35. The maximum atomic E-state index is 15.8. The van der Waals surface area contributed by atoms with Crippen molar-refractivity contribution in [3.8, 4) is 0 Å². The number of amides is 3. The first-order valence-electron chi connectivity index (χ1n) is 16.2. The third kappa shape index (κ3) is 5.56. The van der Waals surface area contributed by atoms with Crippen LogP contribution in [0.3, 0.4) is 0 Å². The number of hydrogen-bond acceptors (Lipinski definition) is 6. The number of piperazine rings is 1. The molecule has 4 rings (SSSR count). The monoisotopic (exact) mass is 483 g/mol. The van der Waals surface area contributed by atoms with Crippen molar-refractivity contribution < 1.29 is 46.1 Å². The van der Waals surface area contributed by atoms with Crippen molar-refractivity contribution in [1.82, 2.24) is 10.2 Å². The van der Waals surface area contributed by atoms with Crippen LogP contribution in [0, 0.1) is 5.82 Å². The molecule has 2 aliphatic rings. The van der Waals surface area contributed by atoms with E-state index in [1.54, 1.807) is 23.5 Å². The number of ether oxygens (including phenoxy) is 2. The topological polar surface area (TPSA) is 91.4 Å². The maximum absolute atomic E-state index is 15.8. The van der Waals surface area contributed by atoms with Gasteiger partial charge in [-0.05, 0) is 23.8 Å². The van der Waals surface area contributed by atoms with Crippen molar-refractivity contribution in [1.29, 1.82) is 0 Å². The summed E-state index contributed by atoms with van der Waals surface area (Å²) in [6.45, 7) is -21.4. The molecule has 2 aliphatic heterocycles. The Kier molecular flexibility index (Phi) is 3.69. The van der Waals surface area contributed by atoms with Crippen LogP contribution in [0.15, 0.2) is 48.5 Å². The summed E-state index contributed by atoms with van der Waals surface area (Å²) in [5.74, 6) is -2.70. The number of nitrogens with one attached hydrogen (secondary N) is 1. The van der Waals surface area contributed by atoms with Crippen LogP contribution in [-0.4, -0.2) is 68.1 Å². The van der Waals surface area contributed by atoms with Crippen molar-refractivity contribution in [3.05, 3.63) is 59.9 Å². The molecule has 2 fully saturated rings. The van der Waals surface area contributed by atoms with Gasteiger partial charge >= 0.3 is 12.2 Å². The Bertz CT molecular complexity index is 1570. The minimum absolute atomic E-state index is 0.0228. The second-order valence-electron chi connectivity index (χ2n) is 6.74. The standard InChI is InChI=1S/C24H27FN4O5/c1-17(30)26-14-20-15-29(24(32)34-20)19-7-8-22(21(25)13-19)27-9-11-28(12-10-27)23(31)33-16-18-5-3-2-4-6-18/h2-8,13,20H,9-12,14-16H2,1H3,(H,26,30)/i9D2,10D2,11D2,12D2,14D2,15D2,20D. The summed E-state index contributed by atoms with van der Waals surface area (Å²) in [5, 5.41) is 1.67. The summed E-state index contributed by atoms with van der Waals surface area (Å²) in [5.41, 5.74) is -1.49. The van der Waals surface area contributed by atoms with Crippen LogP contribution in [0.5, 0.6) is 0 Å². The summed E-state index contributed by atoms with van der Waals surface area (Å²) in [6.07, 6.45) is -6.92. The third-order valence-corrected chi connectivity index (χ3v) is 4.30. The highest BCUT2D eigenvalue weighted by molar-refractivity contribution is 5.90. The highest BCUT2D eigenvalue weighted by Gasteiger charge is 2.33. The van der Waals surface area contributed by atoms with Gasteiger partial charge in [0, 0.05) is 32.9 Å². The molecule has 1 unspecified atom stereocenters. The lowest BCUT2D eigenvalue weighted by atomic mass is 10.2. The van der Waals surface area contributed by atoms with E-state index in [4.69, 9.17) is 22.6 Å². The molecular weight excluding hydrogens is 443 g/mol. The Morgan fingerprint density at radius 3 is 2.65 bits per heavy atom. The van der Waals surface area contributed by atoms with Gasteiger partial charge in [0.15, 0.2) is 0 Å². The summed E-state index contributed by atoms with van der Waals surface area (Å²) in [4.78, 5) is 36.6. The quantitative estimate of drug-likeness (QED) is 0.680. The highest BCUT2D eigenvalue weighted by Crippen LogP contribution is 2.28. The second kappa shape index (κ2) is 10.4. The van der Waals surface area contributed by atoms with E-state index in [-0.39, 0.29) is 9.80 Å². The first kappa shape index (κ1) is 12.0. The van der Waals surface area contributed by atoms with Crippen LogP contribution in [0.4, 0.5) is 25.4 Å². The SMILES string of the molecule is [2H]C([2H])(NC(C)=O)C1([2H])OC(=O)N(c2ccc(N3C([2H])([2H])C([2H])([2H])N(C(=O)OCc4ccccc4)C([2H])([2H])C3([2H])[2H])c(F)c2)C1([2H])[2H]. The van der Waals surface area contributed by atoms with E-state index in [0.29, 0.717) is 23.8 Å². The van der Waals surface area contributed by atoms with Gasteiger partial charge in [-0.3, -0.25) is 9.69 Å². The van der Waals surface area contributed by atoms with Gasteiger partial charge in [0.2, 0.25) is 5.91 Å².